The van der Waals surface area contributed by atoms with E-state index in [-0.39, 0.29) is 0 Å². The van der Waals surface area contributed by atoms with Gasteiger partial charge in [0.25, 0.3) is 0 Å². The number of aliphatic hydroxyl groups is 5. The van der Waals surface area contributed by atoms with Crippen LogP contribution in [0, 0.1) is 0 Å². The summed E-state index contributed by atoms with van der Waals surface area (Å²) in [7, 11) is 0. The van der Waals surface area contributed by atoms with Gasteiger partial charge < -0.3 is 30.3 Å². The highest BCUT2D eigenvalue weighted by Gasteiger charge is 2.53. The molecule has 0 aromatic heterocycles. The fraction of sp³-hybridized carbons (Fsp3) is 1.00. The number of hydrogen-bond acceptors (Lipinski definition) is 6. The highest BCUT2D eigenvalue weighted by Crippen LogP contribution is 2.26. The van der Waals surface area contributed by atoms with Crippen LogP contribution in [0.2, 0.25) is 0 Å². The van der Waals surface area contributed by atoms with E-state index in [1.54, 1.807) is 0 Å². The Hall–Kier alpha value is -0.240. The van der Waals surface area contributed by atoms with Gasteiger partial charge in [-0.05, 0) is 0 Å². The van der Waals surface area contributed by atoms with Gasteiger partial charge in [-0.3, -0.25) is 0 Å². The van der Waals surface area contributed by atoms with Crippen molar-refractivity contribution in [3.63, 3.8) is 0 Å². The van der Waals surface area contributed by atoms with E-state index in [1.165, 1.54) is 0 Å². The van der Waals surface area contributed by atoms with E-state index in [2.05, 4.69) is 4.74 Å². The van der Waals surface area contributed by atoms with Gasteiger partial charge in [0.15, 0.2) is 0 Å². The Morgan fingerprint density at radius 1 is 1.27 bits per heavy atom. The second-order valence-corrected chi connectivity index (χ2v) is 2.44. The fourth-order valence-corrected chi connectivity index (χ4v) is 0.903. The van der Waals surface area contributed by atoms with E-state index >= 15 is 0 Å². The average Bonchev–Trinajstić information content (AvgIpc) is 2.14. The first-order valence-corrected chi connectivity index (χ1v) is 3.07. The SMILES string of the molecule is OCC1OC(O)C(O)(O)[C@H]1O. The summed E-state index contributed by atoms with van der Waals surface area (Å²) in [6, 6.07) is 0. The van der Waals surface area contributed by atoms with E-state index in [1.807, 2.05) is 0 Å². The van der Waals surface area contributed by atoms with E-state index < -0.39 is 30.9 Å². The van der Waals surface area contributed by atoms with Gasteiger partial charge in [0.1, 0.15) is 12.2 Å². The maximum atomic E-state index is 8.94. The molecule has 5 N–H and O–H groups in total. The smallest absolute Gasteiger partial charge is 0.245 e. The number of ether oxygens (including phenoxy) is 1. The van der Waals surface area contributed by atoms with Crippen LogP contribution in [0.15, 0.2) is 0 Å². The molecular formula is C5H10O6. The maximum absolute atomic E-state index is 8.94. The van der Waals surface area contributed by atoms with Crippen molar-refractivity contribution < 1.29 is 30.3 Å². The molecule has 0 aliphatic carbocycles. The molecule has 0 spiro atoms. The largest absolute Gasteiger partial charge is 0.394 e. The minimum atomic E-state index is -2.69. The van der Waals surface area contributed by atoms with Crippen molar-refractivity contribution in [3.05, 3.63) is 0 Å². The van der Waals surface area contributed by atoms with Crippen LogP contribution in [-0.4, -0.2) is 56.4 Å². The maximum Gasteiger partial charge on any atom is 0.245 e. The molecule has 6 nitrogen and oxygen atoms in total. The molecule has 0 bridgehead atoms. The first-order chi connectivity index (χ1) is 5.00. The second-order valence-electron chi connectivity index (χ2n) is 2.44. The summed E-state index contributed by atoms with van der Waals surface area (Å²) < 4.78 is 4.39. The van der Waals surface area contributed by atoms with Gasteiger partial charge in [0, 0.05) is 0 Å². The van der Waals surface area contributed by atoms with Crippen LogP contribution >= 0.6 is 0 Å². The summed E-state index contributed by atoms with van der Waals surface area (Å²) in [5.74, 6) is -2.69. The molecule has 3 atom stereocenters. The predicted octanol–water partition coefficient (Wildman–Crippen LogP) is -3.26. The summed E-state index contributed by atoms with van der Waals surface area (Å²) in [5.41, 5.74) is 0. The molecule has 0 aromatic carbocycles. The Labute approximate surface area is 62.3 Å². The lowest BCUT2D eigenvalue weighted by molar-refractivity contribution is -0.281. The molecule has 66 valence electrons. The van der Waals surface area contributed by atoms with Crippen molar-refractivity contribution in [2.75, 3.05) is 6.61 Å². The van der Waals surface area contributed by atoms with Crippen LogP contribution in [0.1, 0.15) is 0 Å². The molecule has 1 fully saturated rings. The van der Waals surface area contributed by atoms with Crippen LogP contribution in [0.5, 0.6) is 0 Å². The minimum absolute atomic E-state index is 0.582. The summed E-state index contributed by atoms with van der Waals surface area (Å²) in [5, 5.41) is 43.9. The molecule has 1 heterocycles. The first-order valence-electron chi connectivity index (χ1n) is 3.07. The molecular weight excluding hydrogens is 156 g/mol. The van der Waals surface area contributed by atoms with Gasteiger partial charge in [0.2, 0.25) is 12.1 Å². The van der Waals surface area contributed by atoms with Crippen molar-refractivity contribution in [1.82, 2.24) is 0 Å². The molecule has 0 aromatic rings. The van der Waals surface area contributed by atoms with E-state index in [0.29, 0.717) is 0 Å². The van der Waals surface area contributed by atoms with Crippen LogP contribution in [-0.2, 0) is 4.74 Å². The third-order valence-electron chi connectivity index (χ3n) is 1.63. The number of rotatable bonds is 1. The van der Waals surface area contributed by atoms with E-state index in [9.17, 15) is 0 Å². The van der Waals surface area contributed by atoms with Crippen molar-refractivity contribution in [1.29, 1.82) is 0 Å². The fourth-order valence-electron chi connectivity index (χ4n) is 0.903. The van der Waals surface area contributed by atoms with Crippen LogP contribution in [0.4, 0.5) is 0 Å². The summed E-state index contributed by atoms with van der Waals surface area (Å²) in [6.45, 7) is -0.582. The Kier molecular flexibility index (Phi) is 2.15. The quantitative estimate of drug-likeness (QED) is 0.261. The Morgan fingerprint density at radius 3 is 2.00 bits per heavy atom. The van der Waals surface area contributed by atoms with Crippen LogP contribution in [0.3, 0.4) is 0 Å². The molecule has 0 saturated carbocycles. The Morgan fingerprint density at radius 2 is 1.82 bits per heavy atom. The Balaban J connectivity index is 2.71. The molecule has 1 aliphatic heterocycles. The zero-order valence-electron chi connectivity index (χ0n) is 5.58. The minimum Gasteiger partial charge on any atom is -0.394 e. The normalized spacial score (nSPS) is 42.8. The van der Waals surface area contributed by atoms with E-state index in [0.717, 1.165) is 0 Å². The Bertz CT molecular complexity index is 146. The molecule has 6 heteroatoms. The molecule has 11 heavy (non-hydrogen) atoms. The molecule has 2 unspecified atom stereocenters. The molecule has 0 amide bonds. The molecule has 1 aliphatic rings. The van der Waals surface area contributed by atoms with Gasteiger partial charge in [-0.15, -0.1) is 0 Å². The van der Waals surface area contributed by atoms with Gasteiger partial charge >= 0.3 is 0 Å². The number of hydrogen-bond donors (Lipinski definition) is 5. The third kappa shape index (κ3) is 1.24. The van der Waals surface area contributed by atoms with Crippen LogP contribution in [0.25, 0.3) is 0 Å². The topological polar surface area (TPSA) is 110 Å². The molecule has 1 saturated heterocycles. The monoisotopic (exact) mass is 166 g/mol. The van der Waals surface area contributed by atoms with Crippen molar-refractivity contribution in [2.24, 2.45) is 0 Å². The first kappa shape index (κ1) is 8.85. The lowest BCUT2D eigenvalue weighted by Gasteiger charge is -2.20. The molecule has 1 rings (SSSR count). The van der Waals surface area contributed by atoms with Gasteiger partial charge in [0.05, 0.1) is 6.61 Å². The van der Waals surface area contributed by atoms with E-state index in [4.69, 9.17) is 25.5 Å². The lowest BCUT2D eigenvalue weighted by Crippen LogP contribution is -2.48. The van der Waals surface area contributed by atoms with Crippen molar-refractivity contribution >= 4 is 0 Å². The zero-order chi connectivity index (χ0) is 8.65. The van der Waals surface area contributed by atoms with Gasteiger partial charge in [-0.2, -0.15) is 0 Å². The second kappa shape index (κ2) is 2.67. The van der Waals surface area contributed by atoms with Crippen molar-refractivity contribution in [3.8, 4) is 0 Å². The standard InChI is InChI=1S/C5H10O6/c6-1-2-3(7)5(9,10)4(8)11-2/h2-4,6-10H,1H2/t2?,3-,4?/m0/s1. The van der Waals surface area contributed by atoms with Crippen LogP contribution < -0.4 is 0 Å². The van der Waals surface area contributed by atoms with Crippen molar-refractivity contribution in [2.45, 2.75) is 24.3 Å². The van der Waals surface area contributed by atoms with Gasteiger partial charge in [-0.1, -0.05) is 0 Å². The highest BCUT2D eigenvalue weighted by atomic mass is 16.7. The predicted molar refractivity (Wildman–Crippen MR) is 31.1 cm³/mol. The zero-order valence-corrected chi connectivity index (χ0v) is 5.58. The third-order valence-corrected chi connectivity index (χ3v) is 1.63. The number of aliphatic hydroxyl groups excluding tert-OH is 3. The highest BCUT2D eigenvalue weighted by molar-refractivity contribution is 4.91. The average molecular weight is 166 g/mol. The summed E-state index contributed by atoms with van der Waals surface area (Å²) in [6.07, 6.45) is -4.72. The van der Waals surface area contributed by atoms with Gasteiger partial charge in [-0.25, -0.2) is 0 Å². The summed E-state index contributed by atoms with van der Waals surface area (Å²) in [4.78, 5) is 0. The lowest BCUT2D eigenvalue weighted by atomic mass is 10.1. The summed E-state index contributed by atoms with van der Waals surface area (Å²) >= 11 is 0. The molecule has 0 radical (unpaired) electrons.